The number of ketones is 1. The normalized spacial score (nSPS) is 22.7. The van der Waals surface area contributed by atoms with Crippen molar-refractivity contribution in [1.82, 2.24) is 5.01 Å². The first-order chi connectivity index (χ1) is 12.4. The molecular weight excluding hydrogens is 348 g/mol. The number of carbonyl (C=O) groups excluding carboxylic acids is 2. The number of amides is 1. The summed E-state index contributed by atoms with van der Waals surface area (Å²) in [5, 5.41) is 5.65. The number of hydrogen-bond acceptors (Lipinski definition) is 3. The Kier molecular flexibility index (Phi) is 5.23. The largest absolute Gasteiger partial charge is 0.292 e. The molecule has 1 amide bonds. The molecule has 2 aromatic carbocycles. The molecule has 1 aliphatic heterocycles. The zero-order valence-electron chi connectivity index (χ0n) is 14.8. The number of carbonyl (C=O) groups is 2. The van der Waals surface area contributed by atoms with Crippen LogP contribution in [0.15, 0.2) is 65.8 Å². The maximum Gasteiger partial charge on any atom is 0.248 e. The lowest BCUT2D eigenvalue weighted by Gasteiger charge is -2.38. The van der Waals surface area contributed by atoms with Gasteiger partial charge in [0.25, 0.3) is 0 Å². The van der Waals surface area contributed by atoms with Gasteiger partial charge in [-0.1, -0.05) is 74.5 Å². The maximum atomic E-state index is 13.1. The summed E-state index contributed by atoms with van der Waals surface area (Å²) in [4.78, 5) is 24.7. The van der Waals surface area contributed by atoms with E-state index in [1.165, 1.54) is 11.2 Å². The quantitative estimate of drug-likeness (QED) is 0.588. The maximum absolute atomic E-state index is 13.1. The predicted molar refractivity (Wildman–Crippen MR) is 103 cm³/mol. The lowest BCUT2D eigenvalue weighted by atomic mass is 9.77. The van der Waals surface area contributed by atoms with Crippen molar-refractivity contribution in [3.8, 4) is 0 Å². The predicted octanol–water partition coefficient (Wildman–Crippen LogP) is 4.15. The van der Waals surface area contributed by atoms with Gasteiger partial charge in [0.05, 0.1) is 18.7 Å². The molecule has 0 spiro atoms. The first-order valence-corrected chi connectivity index (χ1v) is 9.00. The molecule has 5 heteroatoms. The molecule has 0 fully saturated rings. The number of nitrogens with zero attached hydrogens (tertiary/aromatic N) is 2. The molecule has 1 aliphatic rings. The van der Waals surface area contributed by atoms with Crippen LogP contribution in [0.1, 0.15) is 29.8 Å². The molecule has 2 unspecified atom stereocenters. The van der Waals surface area contributed by atoms with E-state index in [0.29, 0.717) is 12.1 Å². The summed E-state index contributed by atoms with van der Waals surface area (Å²) in [6.07, 6.45) is 1.43. The van der Waals surface area contributed by atoms with Crippen molar-refractivity contribution in [2.75, 3.05) is 0 Å². The zero-order chi connectivity index (χ0) is 18.7. The van der Waals surface area contributed by atoms with Gasteiger partial charge in [-0.15, -0.1) is 11.6 Å². The smallest absolute Gasteiger partial charge is 0.248 e. The van der Waals surface area contributed by atoms with Crippen molar-refractivity contribution >= 4 is 29.5 Å². The number of halogens is 1. The molecule has 0 aromatic heterocycles. The van der Waals surface area contributed by atoms with Crippen LogP contribution in [0.5, 0.6) is 0 Å². The second-order valence-corrected chi connectivity index (χ2v) is 7.44. The molecule has 0 N–H and O–H groups in total. The van der Waals surface area contributed by atoms with E-state index < -0.39 is 10.8 Å². The molecule has 1 heterocycles. The van der Waals surface area contributed by atoms with Crippen LogP contribution in [-0.2, 0) is 11.3 Å². The van der Waals surface area contributed by atoms with Gasteiger partial charge in [-0.2, -0.15) is 5.10 Å². The Morgan fingerprint density at radius 2 is 1.69 bits per heavy atom. The lowest BCUT2D eigenvalue weighted by Crippen LogP contribution is -2.55. The monoisotopic (exact) mass is 368 g/mol. The summed E-state index contributed by atoms with van der Waals surface area (Å²) in [7, 11) is 0. The lowest BCUT2D eigenvalue weighted by molar-refractivity contribution is -0.139. The first-order valence-electron chi connectivity index (χ1n) is 8.62. The van der Waals surface area contributed by atoms with Crippen LogP contribution in [0.3, 0.4) is 0 Å². The summed E-state index contributed by atoms with van der Waals surface area (Å²) in [5.41, 5.74) is 1.45. The average Bonchev–Trinajstić information content (AvgIpc) is 2.65. The Bertz CT molecular complexity index is 820. The Morgan fingerprint density at radius 3 is 2.27 bits per heavy atom. The fourth-order valence-electron chi connectivity index (χ4n) is 3.29. The number of benzene rings is 2. The third-order valence-corrected chi connectivity index (χ3v) is 5.09. The van der Waals surface area contributed by atoms with Crippen molar-refractivity contribution in [2.24, 2.45) is 16.9 Å². The van der Waals surface area contributed by atoms with E-state index in [2.05, 4.69) is 5.10 Å². The highest BCUT2D eigenvalue weighted by molar-refractivity contribution is 6.48. The summed E-state index contributed by atoms with van der Waals surface area (Å²) >= 11 is 6.74. The minimum Gasteiger partial charge on any atom is -0.292 e. The minimum absolute atomic E-state index is 0.113. The summed E-state index contributed by atoms with van der Waals surface area (Å²) < 4.78 is 0. The van der Waals surface area contributed by atoms with Crippen LogP contribution in [-0.4, -0.2) is 27.8 Å². The molecule has 2 atom stereocenters. The Balaban J connectivity index is 1.95. The molecular formula is C21H21ClN2O2. The second kappa shape index (κ2) is 7.42. The molecule has 0 aliphatic carbocycles. The standard InChI is InChI=1S/C21H21ClN2O2/c1-15(2)18-20(26)24(13-16-9-5-3-6-10-16)23-14-21(18,22)19(25)17-11-7-4-8-12-17/h3-12,14-15,18H,13H2,1-2H3. The Hall–Kier alpha value is -2.46. The summed E-state index contributed by atoms with van der Waals surface area (Å²) in [5.74, 6) is -1.32. The van der Waals surface area contributed by atoms with E-state index >= 15 is 0 Å². The van der Waals surface area contributed by atoms with Gasteiger partial charge in [0, 0.05) is 5.56 Å². The highest BCUT2D eigenvalue weighted by Crippen LogP contribution is 2.38. The summed E-state index contributed by atoms with van der Waals surface area (Å²) in [6, 6.07) is 18.4. The van der Waals surface area contributed by atoms with Crippen molar-refractivity contribution in [3.63, 3.8) is 0 Å². The van der Waals surface area contributed by atoms with Crippen molar-refractivity contribution in [2.45, 2.75) is 25.3 Å². The molecule has 0 radical (unpaired) electrons. The third-order valence-electron chi connectivity index (χ3n) is 4.58. The zero-order valence-corrected chi connectivity index (χ0v) is 15.6. The molecule has 3 rings (SSSR count). The van der Waals surface area contributed by atoms with E-state index in [1.807, 2.05) is 50.2 Å². The average molecular weight is 369 g/mol. The van der Waals surface area contributed by atoms with Gasteiger partial charge in [0.1, 0.15) is 0 Å². The van der Waals surface area contributed by atoms with Crippen LogP contribution in [0.4, 0.5) is 0 Å². The van der Waals surface area contributed by atoms with Gasteiger partial charge in [0.15, 0.2) is 10.7 Å². The number of alkyl halides is 1. The van der Waals surface area contributed by atoms with Crippen molar-refractivity contribution in [3.05, 3.63) is 71.8 Å². The molecule has 0 saturated carbocycles. The van der Waals surface area contributed by atoms with Crippen LogP contribution in [0, 0.1) is 11.8 Å². The molecule has 134 valence electrons. The number of Topliss-reactive ketones (excluding diaryl/α,β-unsaturated/α-hetero) is 1. The second-order valence-electron chi connectivity index (χ2n) is 6.81. The van der Waals surface area contributed by atoms with Crippen molar-refractivity contribution < 1.29 is 9.59 Å². The van der Waals surface area contributed by atoms with Gasteiger partial charge >= 0.3 is 0 Å². The highest BCUT2D eigenvalue weighted by atomic mass is 35.5. The van der Waals surface area contributed by atoms with Gasteiger partial charge in [-0.3, -0.25) is 9.59 Å². The highest BCUT2D eigenvalue weighted by Gasteiger charge is 2.52. The molecule has 0 bridgehead atoms. The van der Waals surface area contributed by atoms with E-state index in [-0.39, 0.29) is 17.6 Å². The van der Waals surface area contributed by atoms with Crippen LogP contribution in [0.25, 0.3) is 0 Å². The van der Waals surface area contributed by atoms with Gasteiger partial charge in [-0.05, 0) is 11.5 Å². The van der Waals surface area contributed by atoms with Gasteiger partial charge < -0.3 is 0 Å². The number of rotatable bonds is 5. The van der Waals surface area contributed by atoms with E-state index in [0.717, 1.165) is 5.56 Å². The molecule has 2 aromatic rings. The van der Waals surface area contributed by atoms with E-state index in [1.54, 1.807) is 24.3 Å². The van der Waals surface area contributed by atoms with Gasteiger partial charge in [0.2, 0.25) is 5.91 Å². The van der Waals surface area contributed by atoms with E-state index in [4.69, 9.17) is 11.6 Å². The Labute approximate surface area is 158 Å². The molecule has 26 heavy (non-hydrogen) atoms. The summed E-state index contributed by atoms with van der Waals surface area (Å²) in [6.45, 7) is 4.15. The van der Waals surface area contributed by atoms with Crippen molar-refractivity contribution in [1.29, 1.82) is 0 Å². The SMILES string of the molecule is CC(C)C1C(=O)N(Cc2ccccc2)N=CC1(Cl)C(=O)c1ccccc1. The topological polar surface area (TPSA) is 49.7 Å². The number of hydrazone groups is 1. The first kappa shape index (κ1) is 18.3. The van der Waals surface area contributed by atoms with Crippen LogP contribution >= 0.6 is 11.6 Å². The van der Waals surface area contributed by atoms with Crippen LogP contribution < -0.4 is 0 Å². The van der Waals surface area contributed by atoms with E-state index in [9.17, 15) is 9.59 Å². The van der Waals surface area contributed by atoms with Crippen LogP contribution in [0.2, 0.25) is 0 Å². The van der Waals surface area contributed by atoms with Gasteiger partial charge in [-0.25, -0.2) is 5.01 Å². The number of hydrogen-bond donors (Lipinski definition) is 0. The Morgan fingerprint density at radius 1 is 1.12 bits per heavy atom. The third kappa shape index (κ3) is 3.42. The molecule has 4 nitrogen and oxygen atoms in total. The molecule has 0 saturated heterocycles. The fourth-order valence-corrected chi connectivity index (χ4v) is 3.79. The fraction of sp³-hybridized carbons (Fsp3) is 0.286. The minimum atomic E-state index is -1.47.